The van der Waals surface area contributed by atoms with Crippen LogP contribution in [-0.2, 0) is 18.3 Å². The Morgan fingerprint density at radius 1 is 1.03 bits per heavy atom. The number of hydrogen-bond acceptors (Lipinski definition) is 7. The van der Waals surface area contributed by atoms with Crippen molar-refractivity contribution in [3.8, 4) is 5.75 Å². The summed E-state index contributed by atoms with van der Waals surface area (Å²) in [5.41, 5.74) is 2.86. The fourth-order valence-electron chi connectivity index (χ4n) is 4.49. The Balaban J connectivity index is 1.24. The normalized spacial score (nSPS) is 22.0. The van der Waals surface area contributed by atoms with Gasteiger partial charge in [0.2, 0.25) is 0 Å². The highest BCUT2D eigenvalue weighted by Gasteiger charge is 2.24. The molecule has 2 fully saturated rings. The number of nitrogens with zero attached hydrogens (tertiary/aromatic N) is 5. The molecule has 164 valence electrons. The average molecular weight is 423 g/mol. The molecule has 5 rings (SSSR count). The number of imidazole rings is 1. The lowest BCUT2D eigenvalue weighted by Gasteiger charge is -2.31. The molecule has 0 amide bonds. The van der Waals surface area contributed by atoms with Crippen LogP contribution >= 0.6 is 0 Å². The van der Waals surface area contributed by atoms with Crippen LogP contribution in [0, 0.1) is 0 Å². The average Bonchev–Trinajstić information content (AvgIpc) is 3.24. The van der Waals surface area contributed by atoms with E-state index in [-0.39, 0.29) is 6.10 Å². The first-order chi connectivity index (χ1) is 15.3. The Labute approximate surface area is 182 Å². The number of hydrogen-bond donors (Lipinski definition) is 1. The SMILES string of the molecule is Cn1ccnc1CN[C@H]1CC[C@@H](Oc2cc(N3CCOCC3)cc3nccnc23)CC1. The third kappa shape index (κ3) is 4.65. The number of benzene rings is 1. The maximum Gasteiger partial charge on any atom is 0.149 e. The molecule has 0 radical (unpaired) electrons. The summed E-state index contributed by atoms with van der Waals surface area (Å²) in [6.45, 7) is 4.09. The van der Waals surface area contributed by atoms with Crippen LogP contribution in [0.5, 0.6) is 5.75 Å². The molecule has 0 atom stereocenters. The molecule has 1 aliphatic heterocycles. The van der Waals surface area contributed by atoms with E-state index in [0.717, 1.165) is 86.8 Å². The molecule has 1 aliphatic carbocycles. The van der Waals surface area contributed by atoms with Crippen LogP contribution in [-0.4, -0.2) is 58.0 Å². The Hall–Kier alpha value is -2.71. The zero-order valence-electron chi connectivity index (χ0n) is 18.0. The predicted molar refractivity (Wildman–Crippen MR) is 119 cm³/mol. The van der Waals surface area contributed by atoms with E-state index in [4.69, 9.17) is 9.47 Å². The Bertz CT molecular complexity index is 1010. The maximum absolute atomic E-state index is 6.51. The summed E-state index contributed by atoms with van der Waals surface area (Å²) < 4.78 is 14.1. The zero-order chi connectivity index (χ0) is 21.0. The van der Waals surface area contributed by atoms with Gasteiger partial charge in [-0.2, -0.15) is 0 Å². The standard InChI is InChI=1S/C23H30N6O2/c1-28-9-8-25-22(28)16-27-17-2-4-19(5-3-17)31-21-15-18(29-10-12-30-13-11-29)14-20-23(21)26-7-6-24-20/h6-9,14-15,17,19,27H,2-5,10-13,16H2,1H3/t17-,19+. The number of aromatic nitrogens is 4. The van der Waals surface area contributed by atoms with Crippen molar-refractivity contribution in [3.63, 3.8) is 0 Å². The van der Waals surface area contributed by atoms with Gasteiger partial charge in [-0.3, -0.25) is 4.98 Å². The van der Waals surface area contributed by atoms with Crippen molar-refractivity contribution in [1.29, 1.82) is 0 Å². The van der Waals surface area contributed by atoms with Crippen molar-refractivity contribution in [2.75, 3.05) is 31.2 Å². The van der Waals surface area contributed by atoms with Crippen molar-refractivity contribution in [2.24, 2.45) is 7.05 Å². The fraction of sp³-hybridized carbons (Fsp3) is 0.522. The summed E-state index contributed by atoms with van der Waals surface area (Å²) in [5.74, 6) is 1.92. The zero-order valence-corrected chi connectivity index (χ0v) is 18.0. The number of rotatable bonds is 6. The first-order valence-electron chi connectivity index (χ1n) is 11.2. The maximum atomic E-state index is 6.51. The fourth-order valence-corrected chi connectivity index (χ4v) is 4.49. The van der Waals surface area contributed by atoms with E-state index in [1.54, 1.807) is 12.4 Å². The smallest absolute Gasteiger partial charge is 0.149 e. The Morgan fingerprint density at radius 2 is 1.84 bits per heavy atom. The van der Waals surface area contributed by atoms with Gasteiger partial charge in [0.1, 0.15) is 17.1 Å². The second-order valence-electron chi connectivity index (χ2n) is 8.39. The van der Waals surface area contributed by atoms with Crippen molar-refractivity contribution >= 4 is 16.7 Å². The molecular weight excluding hydrogens is 392 g/mol. The highest BCUT2D eigenvalue weighted by molar-refractivity contribution is 5.85. The molecule has 1 saturated carbocycles. The van der Waals surface area contributed by atoms with Gasteiger partial charge in [-0.15, -0.1) is 0 Å². The molecule has 0 spiro atoms. The van der Waals surface area contributed by atoms with Gasteiger partial charge in [0.05, 0.1) is 31.4 Å². The number of ether oxygens (including phenoxy) is 2. The van der Waals surface area contributed by atoms with Gasteiger partial charge < -0.3 is 24.3 Å². The molecule has 2 aliphatic rings. The second kappa shape index (κ2) is 9.20. The summed E-state index contributed by atoms with van der Waals surface area (Å²) in [4.78, 5) is 15.8. The molecule has 1 N–H and O–H groups in total. The monoisotopic (exact) mass is 422 g/mol. The third-order valence-corrected chi connectivity index (χ3v) is 6.34. The molecule has 1 saturated heterocycles. The lowest BCUT2D eigenvalue weighted by molar-refractivity contribution is 0.122. The molecule has 8 heteroatoms. The van der Waals surface area contributed by atoms with E-state index in [0.29, 0.717) is 6.04 Å². The number of fused-ring (bicyclic) bond motifs is 1. The van der Waals surface area contributed by atoms with Crippen molar-refractivity contribution < 1.29 is 9.47 Å². The highest BCUT2D eigenvalue weighted by atomic mass is 16.5. The minimum absolute atomic E-state index is 0.205. The van der Waals surface area contributed by atoms with Gasteiger partial charge in [-0.05, 0) is 31.7 Å². The molecular formula is C23H30N6O2. The van der Waals surface area contributed by atoms with Gasteiger partial charge >= 0.3 is 0 Å². The summed E-state index contributed by atoms with van der Waals surface area (Å²) in [5, 5.41) is 3.65. The third-order valence-electron chi connectivity index (χ3n) is 6.34. The number of aryl methyl sites for hydroxylation is 1. The Morgan fingerprint density at radius 3 is 2.61 bits per heavy atom. The van der Waals surface area contributed by atoms with E-state index < -0.39 is 0 Å². The minimum atomic E-state index is 0.205. The summed E-state index contributed by atoms with van der Waals surface area (Å²) in [6.07, 6.45) is 11.8. The first-order valence-corrected chi connectivity index (χ1v) is 11.2. The molecule has 3 aromatic rings. The molecule has 8 nitrogen and oxygen atoms in total. The van der Waals surface area contributed by atoms with Crippen LogP contribution in [0.1, 0.15) is 31.5 Å². The quantitative estimate of drug-likeness (QED) is 0.654. The summed E-state index contributed by atoms with van der Waals surface area (Å²) in [7, 11) is 2.03. The molecule has 1 aromatic carbocycles. The van der Waals surface area contributed by atoms with Gasteiger partial charge in [0.25, 0.3) is 0 Å². The van der Waals surface area contributed by atoms with Crippen molar-refractivity contribution in [3.05, 3.63) is 42.7 Å². The van der Waals surface area contributed by atoms with Crippen LogP contribution in [0.2, 0.25) is 0 Å². The number of nitrogens with one attached hydrogen (secondary N) is 1. The summed E-state index contributed by atoms with van der Waals surface area (Å²) in [6, 6.07) is 4.75. The Kier molecular flexibility index (Phi) is 5.99. The van der Waals surface area contributed by atoms with Crippen molar-refractivity contribution in [2.45, 2.75) is 44.4 Å². The van der Waals surface area contributed by atoms with Crippen LogP contribution in [0.3, 0.4) is 0 Å². The number of anilines is 1. The van der Waals surface area contributed by atoms with Gasteiger partial charge in [-0.1, -0.05) is 0 Å². The molecule has 2 aromatic heterocycles. The van der Waals surface area contributed by atoms with E-state index in [1.807, 2.05) is 19.4 Å². The largest absolute Gasteiger partial charge is 0.488 e. The van der Waals surface area contributed by atoms with E-state index in [2.05, 4.69) is 41.9 Å². The van der Waals surface area contributed by atoms with E-state index >= 15 is 0 Å². The van der Waals surface area contributed by atoms with Gasteiger partial charge in [-0.25, -0.2) is 9.97 Å². The molecule has 3 heterocycles. The number of morpholine rings is 1. The van der Waals surface area contributed by atoms with Crippen LogP contribution in [0.15, 0.2) is 36.9 Å². The first kappa shape index (κ1) is 20.2. The van der Waals surface area contributed by atoms with Crippen molar-refractivity contribution in [1.82, 2.24) is 24.8 Å². The lowest BCUT2D eigenvalue weighted by atomic mass is 9.93. The molecule has 0 unspecified atom stereocenters. The molecule has 31 heavy (non-hydrogen) atoms. The van der Waals surface area contributed by atoms with Crippen LogP contribution < -0.4 is 15.0 Å². The van der Waals surface area contributed by atoms with E-state index in [1.165, 1.54) is 0 Å². The minimum Gasteiger partial charge on any atom is -0.488 e. The van der Waals surface area contributed by atoms with Gasteiger partial charge in [0.15, 0.2) is 0 Å². The highest BCUT2D eigenvalue weighted by Crippen LogP contribution is 2.33. The van der Waals surface area contributed by atoms with Crippen LogP contribution in [0.25, 0.3) is 11.0 Å². The van der Waals surface area contributed by atoms with Crippen LogP contribution in [0.4, 0.5) is 5.69 Å². The summed E-state index contributed by atoms with van der Waals surface area (Å²) >= 11 is 0. The second-order valence-corrected chi connectivity index (χ2v) is 8.39. The van der Waals surface area contributed by atoms with E-state index in [9.17, 15) is 0 Å². The lowest BCUT2D eigenvalue weighted by Crippen LogP contribution is -2.37. The van der Waals surface area contributed by atoms with Gasteiger partial charge in [0, 0.05) is 62.7 Å². The topological polar surface area (TPSA) is 77.3 Å². The predicted octanol–water partition coefficient (Wildman–Crippen LogP) is 2.68. The molecule has 0 bridgehead atoms.